The molecule has 0 fully saturated rings. The molecule has 0 saturated heterocycles. The molecule has 0 radical (unpaired) electrons. The van der Waals surface area contributed by atoms with E-state index in [4.69, 9.17) is 9.73 Å². The van der Waals surface area contributed by atoms with Crippen molar-refractivity contribution in [1.29, 1.82) is 0 Å². The van der Waals surface area contributed by atoms with Crippen LogP contribution in [0.1, 0.15) is 43.3 Å². The Balaban J connectivity index is 2.09. The highest BCUT2D eigenvalue weighted by Gasteiger charge is 2.21. The normalized spacial score (nSPS) is 12.3. The van der Waals surface area contributed by atoms with Crippen LogP contribution in [0.4, 0.5) is 4.39 Å². The molecule has 7 heteroatoms. The zero-order chi connectivity index (χ0) is 21.4. The summed E-state index contributed by atoms with van der Waals surface area (Å²) in [6, 6.07) is 6.76. The smallest absolute Gasteiger partial charge is 0.191 e. The predicted octanol–water partition coefficient (Wildman–Crippen LogP) is 3.32. The minimum atomic E-state index is -0.241. The average Bonchev–Trinajstić information content (AvgIpc) is 2.95. The molecule has 1 heterocycles. The van der Waals surface area contributed by atoms with Crippen LogP contribution in [0.3, 0.4) is 0 Å². The zero-order valence-corrected chi connectivity index (χ0v) is 18.5. The van der Waals surface area contributed by atoms with Crippen molar-refractivity contribution in [3.05, 3.63) is 52.6 Å². The van der Waals surface area contributed by atoms with Gasteiger partial charge in [-0.2, -0.15) is 5.10 Å². The molecule has 0 spiro atoms. The standard InChI is InChI=1S/C22H34FN5O/c1-7-24-21(26-15-22(4,5)18-9-8-10-19(23)13-18)25-14-20-16(2)27-28(17(20)3)11-12-29-6/h8-10,13H,7,11-12,14-15H2,1-6H3,(H2,24,25,26). The first-order valence-corrected chi connectivity index (χ1v) is 10.1. The average molecular weight is 404 g/mol. The van der Waals surface area contributed by atoms with E-state index in [-0.39, 0.29) is 11.2 Å². The Kier molecular flexibility index (Phi) is 8.20. The fourth-order valence-electron chi connectivity index (χ4n) is 3.17. The summed E-state index contributed by atoms with van der Waals surface area (Å²) in [6.07, 6.45) is 0. The van der Waals surface area contributed by atoms with E-state index in [1.807, 2.05) is 24.6 Å². The highest BCUT2D eigenvalue weighted by molar-refractivity contribution is 5.79. The summed E-state index contributed by atoms with van der Waals surface area (Å²) in [4.78, 5) is 4.75. The van der Waals surface area contributed by atoms with E-state index in [0.717, 1.165) is 41.6 Å². The molecular weight excluding hydrogens is 369 g/mol. The van der Waals surface area contributed by atoms with Crippen LogP contribution in [0.15, 0.2) is 29.3 Å². The second-order valence-corrected chi connectivity index (χ2v) is 7.81. The summed E-state index contributed by atoms with van der Waals surface area (Å²) in [5.41, 5.74) is 3.93. The van der Waals surface area contributed by atoms with Crippen LogP contribution in [0, 0.1) is 19.7 Å². The second-order valence-electron chi connectivity index (χ2n) is 7.81. The minimum absolute atomic E-state index is 0.215. The summed E-state index contributed by atoms with van der Waals surface area (Å²) in [5.74, 6) is 0.521. The Morgan fingerprint density at radius 3 is 2.69 bits per heavy atom. The molecule has 2 N–H and O–H groups in total. The number of guanidine groups is 1. The number of halogens is 1. The lowest BCUT2D eigenvalue weighted by Gasteiger charge is -2.27. The van der Waals surface area contributed by atoms with Gasteiger partial charge in [0.2, 0.25) is 0 Å². The molecule has 0 aliphatic heterocycles. The molecule has 29 heavy (non-hydrogen) atoms. The van der Waals surface area contributed by atoms with Crippen LogP contribution in [0.2, 0.25) is 0 Å². The van der Waals surface area contributed by atoms with Gasteiger partial charge in [-0.25, -0.2) is 9.38 Å². The van der Waals surface area contributed by atoms with Gasteiger partial charge in [-0.15, -0.1) is 0 Å². The highest BCUT2D eigenvalue weighted by atomic mass is 19.1. The van der Waals surface area contributed by atoms with Gasteiger partial charge < -0.3 is 15.4 Å². The third-order valence-corrected chi connectivity index (χ3v) is 5.08. The van der Waals surface area contributed by atoms with Gasteiger partial charge in [0.1, 0.15) is 5.82 Å². The predicted molar refractivity (Wildman–Crippen MR) is 116 cm³/mol. The van der Waals surface area contributed by atoms with Gasteiger partial charge in [0.15, 0.2) is 5.96 Å². The summed E-state index contributed by atoms with van der Waals surface area (Å²) < 4.78 is 20.7. The molecule has 0 unspecified atom stereocenters. The van der Waals surface area contributed by atoms with Crippen molar-refractivity contribution in [2.24, 2.45) is 4.99 Å². The van der Waals surface area contributed by atoms with Crippen LogP contribution in [0.5, 0.6) is 0 Å². The molecule has 0 amide bonds. The Hall–Kier alpha value is -2.41. The Bertz CT molecular complexity index is 829. The molecule has 0 aliphatic carbocycles. The fourth-order valence-corrected chi connectivity index (χ4v) is 3.17. The number of nitrogens with zero attached hydrogens (tertiary/aromatic N) is 3. The van der Waals surface area contributed by atoms with E-state index in [1.165, 1.54) is 6.07 Å². The SMILES string of the molecule is CCNC(=NCc1c(C)nn(CCOC)c1C)NCC(C)(C)c1cccc(F)c1. The number of nitrogens with one attached hydrogen (secondary N) is 2. The van der Waals surface area contributed by atoms with Gasteiger partial charge in [-0.1, -0.05) is 26.0 Å². The van der Waals surface area contributed by atoms with Crippen molar-refractivity contribution in [3.63, 3.8) is 0 Å². The maximum atomic E-state index is 13.6. The van der Waals surface area contributed by atoms with E-state index in [2.05, 4.69) is 36.5 Å². The van der Waals surface area contributed by atoms with E-state index >= 15 is 0 Å². The van der Waals surface area contributed by atoms with Crippen molar-refractivity contribution < 1.29 is 9.13 Å². The Morgan fingerprint density at radius 2 is 2.03 bits per heavy atom. The first-order valence-electron chi connectivity index (χ1n) is 10.1. The lowest BCUT2D eigenvalue weighted by Crippen LogP contribution is -2.43. The van der Waals surface area contributed by atoms with Crippen LogP contribution >= 0.6 is 0 Å². The van der Waals surface area contributed by atoms with E-state index in [1.54, 1.807) is 19.2 Å². The molecule has 0 atom stereocenters. The molecule has 2 aromatic rings. The lowest BCUT2D eigenvalue weighted by atomic mass is 9.84. The molecular formula is C22H34FN5O. The molecule has 1 aromatic heterocycles. The molecule has 160 valence electrons. The number of hydrogen-bond donors (Lipinski definition) is 2. The topological polar surface area (TPSA) is 63.5 Å². The highest BCUT2D eigenvalue weighted by Crippen LogP contribution is 2.23. The second kappa shape index (κ2) is 10.4. The molecule has 6 nitrogen and oxygen atoms in total. The molecule has 0 aliphatic rings. The maximum Gasteiger partial charge on any atom is 0.191 e. The summed E-state index contributed by atoms with van der Waals surface area (Å²) >= 11 is 0. The number of rotatable bonds is 9. The van der Waals surface area contributed by atoms with Gasteiger partial charge in [0, 0.05) is 36.9 Å². The third-order valence-electron chi connectivity index (χ3n) is 5.08. The Labute approximate surface area is 173 Å². The van der Waals surface area contributed by atoms with Gasteiger partial charge in [0.25, 0.3) is 0 Å². The number of methoxy groups -OCH3 is 1. The number of aliphatic imine (C=N–C) groups is 1. The first kappa shape index (κ1) is 22.9. The summed E-state index contributed by atoms with van der Waals surface area (Å²) in [7, 11) is 1.69. The number of hydrogen-bond acceptors (Lipinski definition) is 3. The molecule has 0 bridgehead atoms. The van der Waals surface area contributed by atoms with E-state index < -0.39 is 0 Å². The minimum Gasteiger partial charge on any atom is -0.383 e. The summed E-state index contributed by atoms with van der Waals surface area (Å²) in [5, 5.41) is 11.3. The maximum absolute atomic E-state index is 13.6. The monoisotopic (exact) mass is 403 g/mol. The van der Waals surface area contributed by atoms with Crippen molar-refractivity contribution in [2.45, 2.75) is 53.1 Å². The largest absolute Gasteiger partial charge is 0.383 e. The van der Waals surface area contributed by atoms with E-state index in [0.29, 0.717) is 19.7 Å². The van der Waals surface area contributed by atoms with Crippen LogP contribution < -0.4 is 10.6 Å². The van der Waals surface area contributed by atoms with Crippen molar-refractivity contribution in [2.75, 3.05) is 26.8 Å². The number of aryl methyl sites for hydroxylation is 1. The van der Waals surface area contributed by atoms with Crippen LogP contribution in [-0.4, -0.2) is 42.5 Å². The van der Waals surface area contributed by atoms with Gasteiger partial charge in [-0.3, -0.25) is 4.68 Å². The Morgan fingerprint density at radius 1 is 1.28 bits per heavy atom. The fraction of sp³-hybridized carbons (Fsp3) is 0.545. The lowest BCUT2D eigenvalue weighted by molar-refractivity contribution is 0.182. The molecule has 2 rings (SSSR count). The quantitative estimate of drug-likeness (QED) is 0.498. The number of benzene rings is 1. The van der Waals surface area contributed by atoms with E-state index in [9.17, 15) is 4.39 Å². The van der Waals surface area contributed by atoms with Gasteiger partial charge >= 0.3 is 0 Å². The van der Waals surface area contributed by atoms with Gasteiger partial charge in [-0.05, 0) is 38.5 Å². The van der Waals surface area contributed by atoms with Crippen molar-refractivity contribution in [1.82, 2.24) is 20.4 Å². The first-order chi connectivity index (χ1) is 13.8. The van der Waals surface area contributed by atoms with Crippen LogP contribution in [0.25, 0.3) is 0 Å². The zero-order valence-electron chi connectivity index (χ0n) is 18.5. The number of ether oxygens (including phenoxy) is 1. The van der Waals surface area contributed by atoms with Crippen LogP contribution in [-0.2, 0) is 23.2 Å². The van der Waals surface area contributed by atoms with Crippen molar-refractivity contribution in [3.8, 4) is 0 Å². The molecule has 0 saturated carbocycles. The summed E-state index contributed by atoms with van der Waals surface area (Å²) in [6.45, 7) is 13.6. The van der Waals surface area contributed by atoms with Crippen molar-refractivity contribution >= 4 is 5.96 Å². The third kappa shape index (κ3) is 6.29. The van der Waals surface area contributed by atoms with Gasteiger partial charge in [0.05, 0.1) is 25.4 Å². The number of aromatic nitrogens is 2. The molecule has 1 aromatic carbocycles.